The molecular weight excluding hydrogens is 300 g/mol. The van der Waals surface area contributed by atoms with E-state index < -0.39 is 9.84 Å². The normalized spacial score (nSPS) is 11.3. The summed E-state index contributed by atoms with van der Waals surface area (Å²) in [6.07, 6.45) is 1.29. The summed E-state index contributed by atoms with van der Waals surface area (Å²) in [5, 5.41) is 3.04. The predicted octanol–water partition coefficient (Wildman–Crippen LogP) is 2.20. The number of hydrogen-bond acceptors (Lipinski definition) is 6. The zero-order valence-electron chi connectivity index (χ0n) is 10.7. The number of hydrogen-bond donors (Lipinski definition) is 1. The molecule has 20 heavy (non-hydrogen) atoms. The molecule has 0 saturated carbocycles. The third-order valence-electron chi connectivity index (χ3n) is 2.55. The van der Waals surface area contributed by atoms with Crippen molar-refractivity contribution in [1.29, 1.82) is 0 Å². The van der Waals surface area contributed by atoms with Crippen LogP contribution in [0.2, 0.25) is 5.28 Å². The van der Waals surface area contributed by atoms with Gasteiger partial charge in [-0.25, -0.2) is 18.4 Å². The monoisotopic (exact) mass is 312 g/mol. The Bertz CT molecular complexity index is 706. The molecule has 1 N–H and O–H groups in total. The Kier molecular flexibility index (Phi) is 4.51. The van der Waals surface area contributed by atoms with Gasteiger partial charge in [0, 0.05) is 11.4 Å². The molecule has 0 spiro atoms. The molecule has 0 bridgehead atoms. The minimum absolute atomic E-state index is 0.0109. The third-order valence-corrected chi connectivity index (χ3v) is 4.39. The number of benzene rings is 1. The highest BCUT2D eigenvalue weighted by Gasteiger charge is 2.09. The fraction of sp³-hybridized carbons (Fsp3) is 0.250. The van der Waals surface area contributed by atoms with E-state index in [4.69, 9.17) is 11.6 Å². The Labute approximate surface area is 122 Å². The molecule has 0 radical (unpaired) electrons. The van der Waals surface area contributed by atoms with Gasteiger partial charge in [0.1, 0.15) is 6.33 Å². The Morgan fingerprint density at radius 1 is 1.30 bits per heavy atom. The second kappa shape index (κ2) is 6.15. The summed E-state index contributed by atoms with van der Waals surface area (Å²) in [4.78, 5) is 11.5. The molecule has 0 amide bonds. The molecule has 0 aliphatic carbocycles. The van der Waals surface area contributed by atoms with Crippen molar-refractivity contribution in [2.45, 2.75) is 12.7 Å². The SMILES string of the molecule is CCS(=O)(=O)Cc1cccc(Nc2ncnc(Cl)n2)c1. The van der Waals surface area contributed by atoms with Gasteiger partial charge in [-0.1, -0.05) is 19.1 Å². The van der Waals surface area contributed by atoms with Gasteiger partial charge in [0.15, 0.2) is 9.84 Å². The molecule has 0 fully saturated rings. The summed E-state index contributed by atoms with van der Waals surface area (Å²) in [7, 11) is -3.06. The van der Waals surface area contributed by atoms with Crippen LogP contribution in [-0.2, 0) is 15.6 Å². The Morgan fingerprint density at radius 3 is 2.80 bits per heavy atom. The van der Waals surface area contributed by atoms with Crippen LogP contribution in [0.15, 0.2) is 30.6 Å². The number of nitrogens with one attached hydrogen (secondary N) is 1. The van der Waals surface area contributed by atoms with Crippen LogP contribution in [0.25, 0.3) is 0 Å². The average Bonchev–Trinajstić information content (AvgIpc) is 2.38. The maximum absolute atomic E-state index is 11.6. The molecule has 0 saturated heterocycles. The van der Waals surface area contributed by atoms with Crippen LogP contribution in [0.5, 0.6) is 0 Å². The Balaban J connectivity index is 2.18. The van der Waals surface area contributed by atoms with Gasteiger partial charge >= 0.3 is 0 Å². The molecule has 0 aliphatic rings. The van der Waals surface area contributed by atoms with Gasteiger partial charge in [0.05, 0.1) is 5.75 Å². The van der Waals surface area contributed by atoms with Gasteiger partial charge in [-0.05, 0) is 29.3 Å². The van der Waals surface area contributed by atoms with Crippen molar-refractivity contribution in [2.75, 3.05) is 11.1 Å². The minimum Gasteiger partial charge on any atom is -0.324 e. The maximum Gasteiger partial charge on any atom is 0.231 e. The van der Waals surface area contributed by atoms with Crippen LogP contribution in [0.1, 0.15) is 12.5 Å². The molecule has 2 aromatic rings. The van der Waals surface area contributed by atoms with Crippen LogP contribution in [0.4, 0.5) is 11.6 Å². The first-order chi connectivity index (χ1) is 9.48. The first kappa shape index (κ1) is 14.7. The fourth-order valence-corrected chi connectivity index (χ4v) is 2.58. The molecule has 1 aromatic carbocycles. The summed E-state index contributed by atoms with van der Waals surface area (Å²) >= 11 is 5.67. The summed E-state index contributed by atoms with van der Waals surface area (Å²) < 4.78 is 23.2. The smallest absolute Gasteiger partial charge is 0.231 e. The van der Waals surface area contributed by atoms with E-state index in [2.05, 4.69) is 20.3 Å². The van der Waals surface area contributed by atoms with E-state index in [0.717, 1.165) is 0 Å². The number of halogens is 1. The minimum atomic E-state index is -3.06. The molecule has 8 heteroatoms. The molecule has 6 nitrogen and oxygen atoms in total. The highest BCUT2D eigenvalue weighted by Crippen LogP contribution is 2.17. The van der Waals surface area contributed by atoms with Gasteiger partial charge in [-0.2, -0.15) is 4.98 Å². The van der Waals surface area contributed by atoms with Crippen molar-refractivity contribution in [1.82, 2.24) is 15.0 Å². The summed E-state index contributed by atoms with van der Waals surface area (Å²) in [6, 6.07) is 7.06. The summed E-state index contributed by atoms with van der Waals surface area (Å²) in [6.45, 7) is 1.63. The van der Waals surface area contributed by atoms with E-state index in [1.165, 1.54) is 6.33 Å². The Hall–Kier alpha value is -1.73. The van der Waals surface area contributed by atoms with Crippen LogP contribution >= 0.6 is 11.6 Å². The standard InChI is InChI=1S/C12H13ClN4O2S/c1-2-20(18,19)7-9-4-3-5-10(6-9)16-12-15-8-14-11(13)17-12/h3-6,8H,2,7H2,1H3,(H,14,15,16,17). The topological polar surface area (TPSA) is 84.8 Å². The first-order valence-corrected chi connectivity index (χ1v) is 8.09. The van der Waals surface area contributed by atoms with Gasteiger partial charge in [-0.15, -0.1) is 0 Å². The second-order valence-electron chi connectivity index (χ2n) is 4.08. The lowest BCUT2D eigenvalue weighted by Gasteiger charge is -2.07. The number of nitrogens with zero attached hydrogens (tertiary/aromatic N) is 3. The second-order valence-corrected chi connectivity index (χ2v) is 6.77. The van der Waals surface area contributed by atoms with Crippen LogP contribution < -0.4 is 5.32 Å². The van der Waals surface area contributed by atoms with Gasteiger partial charge in [-0.3, -0.25) is 0 Å². The summed E-state index contributed by atoms with van der Waals surface area (Å²) in [5.74, 6) is 0.436. The predicted molar refractivity (Wildman–Crippen MR) is 77.7 cm³/mol. The molecule has 1 aromatic heterocycles. The molecule has 106 valence electrons. The van der Waals surface area contributed by atoms with E-state index in [1.54, 1.807) is 31.2 Å². The van der Waals surface area contributed by atoms with Crippen molar-refractivity contribution in [2.24, 2.45) is 0 Å². The Morgan fingerprint density at radius 2 is 2.10 bits per heavy atom. The molecular formula is C12H13ClN4O2S. The van der Waals surface area contributed by atoms with Crippen molar-refractivity contribution in [3.63, 3.8) is 0 Å². The van der Waals surface area contributed by atoms with E-state index in [-0.39, 0.29) is 16.8 Å². The van der Waals surface area contributed by atoms with Crippen LogP contribution in [0, 0.1) is 0 Å². The highest BCUT2D eigenvalue weighted by atomic mass is 35.5. The van der Waals surface area contributed by atoms with Crippen molar-refractivity contribution < 1.29 is 8.42 Å². The van der Waals surface area contributed by atoms with Gasteiger partial charge in [0.2, 0.25) is 11.2 Å². The van der Waals surface area contributed by atoms with Crippen LogP contribution in [0.3, 0.4) is 0 Å². The molecule has 0 atom stereocenters. The van der Waals surface area contributed by atoms with Crippen molar-refractivity contribution in [3.05, 3.63) is 41.4 Å². The number of sulfone groups is 1. The molecule has 0 aliphatic heterocycles. The van der Waals surface area contributed by atoms with Gasteiger partial charge < -0.3 is 5.32 Å². The lowest BCUT2D eigenvalue weighted by Crippen LogP contribution is -2.07. The maximum atomic E-state index is 11.6. The lowest BCUT2D eigenvalue weighted by atomic mass is 10.2. The molecule has 1 heterocycles. The van der Waals surface area contributed by atoms with E-state index in [1.807, 2.05) is 0 Å². The highest BCUT2D eigenvalue weighted by molar-refractivity contribution is 7.90. The average molecular weight is 313 g/mol. The number of aromatic nitrogens is 3. The zero-order chi connectivity index (χ0) is 14.6. The molecule has 0 unspecified atom stereocenters. The van der Waals surface area contributed by atoms with E-state index in [9.17, 15) is 8.42 Å². The lowest BCUT2D eigenvalue weighted by molar-refractivity contribution is 0.596. The quantitative estimate of drug-likeness (QED) is 0.911. The zero-order valence-corrected chi connectivity index (χ0v) is 12.3. The number of rotatable bonds is 5. The van der Waals surface area contributed by atoms with Crippen molar-refractivity contribution >= 4 is 33.1 Å². The van der Waals surface area contributed by atoms with Crippen molar-refractivity contribution in [3.8, 4) is 0 Å². The molecule has 2 rings (SSSR count). The van der Waals surface area contributed by atoms with Crippen LogP contribution in [-0.4, -0.2) is 29.1 Å². The largest absolute Gasteiger partial charge is 0.324 e. The fourth-order valence-electron chi connectivity index (χ4n) is 1.56. The third kappa shape index (κ3) is 4.14. The van der Waals surface area contributed by atoms with Gasteiger partial charge in [0.25, 0.3) is 0 Å². The van der Waals surface area contributed by atoms with E-state index >= 15 is 0 Å². The number of anilines is 2. The van der Waals surface area contributed by atoms with E-state index in [0.29, 0.717) is 17.2 Å². The first-order valence-electron chi connectivity index (χ1n) is 5.89. The summed E-state index contributed by atoms with van der Waals surface area (Å²) in [5.41, 5.74) is 1.40.